The molecule has 80 valence electrons. The van der Waals surface area contributed by atoms with Gasteiger partial charge in [0.05, 0.1) is 6.54 Å². The summed E-state index contributed by atoms with van der Waals surface area (Å²) in [6.07, 6.45) is 6.58. The summed E-state index contributed by atoms with van der Waals surface area (Å²) >= 11 is 0. The van der Waals surface area contributed by atoms with Crippen LogP contribution >= 0.6 is 0 Å². The van der Waals surface area contributed by atoms with Crippen LogP contribution in [0.15, 0.2) is 0 Å². The molecule has 1 aliphatic heterocycles. The Balaban J connectivity index is 1.90. The second-order valence-electron chi connectivity index (χ2n) is 4.44. The summed E-state index contributed by atoms with van der Waals surface area (Å²) in [7, 11) is 0. The second-order valence-corrected chi connectivity index (χ2v) is 4.44. The van der Waals surface area contributed by atoms with E-state index in [9.17, 15) is 4.79 Å². The number of carbonyl (C=O) groups excluding carboxylic acids is 1. The molecule has 0 unspecified atom stereocenters. The third-order valence-electron chi connectivity index (χ3n) is 3.63. The van der Waals surface area contributed by atoms with Gasteiger partial charge >= 0.3 is 0 Å². The van der Waals surface area contributed by atoms with Gasteiger partial charge in [0.15, 0.2) is 0 Å². The van der Waals surface area contributed by atoms with Crippen LogP contribution in [-0.2, 0) is 4.79 Å². The largest absolute Gasteiger partial charge is 0.293 e. The molecule has 2 atom stereocenters. The van der Waals surface area contributed by atoms with E-state index in [1.807, 2.05) is 0 Å². The lowest BCUT2D eigenvalue weighted by Crippen LogP contribution is -2.43. The standard InChI is InChI=1S/C10H19N3O/c11-12-10(14)7-13-6-5-8-3-1-2-4-9(8)13/h8-9H,1-7,11H2,(H,12,14)/t8-,9-/m0/s1. The Bertz CT molecular complexity index is 219. The quantitative estimate of drug-likeness (QED) is 0.379. The van der Waals surface area contributed by atoms with Gasteiger partial charge in [0.25, 0.3) is 0 Å². The maximum atomic E-state index is 11.2. The topological polar surface area (TPSA) is 58.4 Å². The van der Waals surface area contributed by atoms with E-state index in [1.54, 1.807) is 0 Å². The lowest BCUT2D eigenvalue weighted by molar-refractivity contribution is -0.122. The molecular formula is C10H19N3O. The zero-order chi connectivity index (χ0) is 9.97. The Morgan fingerprint density at radius 3 is 2.93 bits per heavy atom. The third kappa shape index (κ3) is 1.91. The molecule has 4 heteroatoms. The highest BCUT2D eigenvalue weighted by molar-refractivity contribution is 5.77. The number of carbonyl (C=O) groups is 1. The van der Waals surface area contributed by atoms with Crippen LogP contribution in [0.4, 0.5) is 0 Å². The minimum absolute atomic E-state index is 0.0591. The number of likely N-dealkylation sites (tertiary alicyclic amines) is 1. The third-order valence-corrected chi connectivity index (χ3v) is 3.63. The molecule has 2 fully saturated rings. The highest BCUT2D eigenvalue weighted by Gasteiger charge is 2.35. The molecule has 0 aromatic heterocycles. The number of nitrogens with one attached hydrogen (secondary N) is 1. The van der Waals surface area contributed by atoms with E-state index in [4.69, 9.17) is 5.84 Å². The monoisotopic (exact) mass is 197 g/mol. The zero-order valence-electron chi connectivity index (χ0n) is 8.54. The molecule has 14 heavy (non-hydrogen) atoms. The summed E-state index contributed by atoms with van der Waals surface area (Å²) in [6, 6.07) is 0.654. The van der Waals surface area contributed by atoms with Crippen LogP contribution in [0.1, 0.15) is 32.1 Å². The normalized spacial score (nSPS) is 32.6. The summed E-state index contributed by atoms with van der Waals surface area (Å²) in [5.74, 6) is 5.87. The van der Waals surface area contributed by atoms with Crippen LogP contribution in [-0.4, -0.2) is 29.9 Å². The van der Waals surface area contributed by atoms with E-state index >= 15 is 0 Å². The maximum absolute atomic E-state index is 11.2. The first kappa shape index (κ1) is 9.93. The van der Waals surface area contributed by atoms with Gasteiger partial charge in [0.1, 0.15) is 0 Å². The van der Waals surface area contributed by atoms with Gasteiger partial charge in [-0.05, 0) is 31.7 Å². The van der Waals surface area contributed by atoms with Crippen molar-refractivity contribution < 1.29 is 4.79 Å². The zero-order valence-corrected chi connectivity index (χ0v) is 8.54. The van der Waals surface area contributed by atoms with E-state index in [1.165, 1.54) is 32.1 Å². The van der Waals surface area contributed by atoms with E-state index in [0.29, 0.717) is 12.6 Å². The van der Waals surface area contributed by atoms with Crippen LogP contribution in [0.2, 0.25) is 0 Å². The van der Waals surface area contributed by atoms with Crippen molar-refractivity contribution in [2.45, 2.75) is 38.1 Å². The molecule has 1 saturated carbocycles. The lowest BCUT2D eigenvalue weighted by atomic mass is 9.85. The number of amides is 1. The first-order valence-electron chi connectivity index (χ1n) is 5.55. The highest BCUT2D eigenvalue weighted by Crippen LogP contribution is 2.35. The van der Waals surface area contributed by atoms with Crippen LogP contribution in [0.5, 0.6) is 0 Å². The molecule has 4 nitrogen and oxygen atoms in total. The molecule has 0 aromatic rings. The Hall–Kier alpha value is -0.610. The highest BCUT2D eigenvalue weighted by atomic mass is 16.2. The van der Waals surface area contributed by atoms with Gasteiger partial charge in [-0.1, -0.05) is 12.8 Å². The Labute approximate surface area is 84.8 Å². The number of nitrogens with zero attached hydrogens (tertiary/aromatic N) is 1. The Kier molecular flexibility index (Phi) is 3.03. The average molecular weight is 197 g/mol. The van der Waals surface area contributed by atoms with Crippen molar-refractivity contribution in [2.75, 3.05) is 13.1 Å². The molecule has 1 amide bonds. The predicted molar refractivity (Wildman–Crippen MR) is 54.3 cm³/mol. The molecule has 0 radical (unpaired) electrons. The SMILES string of the molecule is NNC(=O)CN1CC[C@@H]2CCCC[C@@H]21. The average Bonchev–Trinajstić information content (AvgIpc) is 2.62. The van der Waals surface area contributed by atoms with Gasteiger partial charge in [0.2, 0.25) is 5.91 Å². The molecule has 2 aliphatic rings. The number of rotatable bonds is 2. The van der Waals surface area contributed by atoms with Crippen molar-refractivity contribution in [2.24, 2.45) is 11.8 Å². The summed E-state index contributed by atoms with van der Waals surface area (Å²) < 4.78 is 0. The summed E-state index contributed by atoms with van der Waals surface area (Å²) in [5.41, 5.74) is 2.21. The lowest BCUT2D eigenvalue weighted by Gasteiger charge is -2.31. The van der Waals surface area contributed by atoms with Gasteiger partial charge in [0, 0.05) is 6.04 Å². The first-order valence-corrected chi connectivity index (χ1v) is 5.55. The van der Waals surface area contributed by atoms with Crippen LogP contribution in [0, 0.1) is 5.92 Å². The molecule has 1 saturated heterocycles. The molecule has 3 N–H and O–H groups in total. The van der Waals surface area contributed by atoms with Crippen LogP contribution < -0.4 is 11.3 Å². The van der Waals surface area contributed by atoms with E-state index < -0.39 is 0 Å². The van der Waals surface area contributed by atoms with E-state index in [0.717, 1.165) is 12.5 Å². The summed E-state index contributed by atoms with van der Waals surface area (Å²) in [5, 5.41) is 0. The molecule has 1 heterocycles. The smallest absolute Gasteiger partial charge is 0.248 e. The van der Waals surface area contributed by atoms with Crippen molar-refractivity contribution in [3.05, 3.63) is 0 Å². The minimum Gasteiger partial charge on any atom is -0.293 e. The summed E-state index contributed by atoms with van der Waals surface area (Å²) in [6.45, 7) is 1.56. The van der Waals surface area contributed by atoms with Crippen molar-refractivity contribution >= 4 is 5.91 Å². The van der Waals surface area contributed by atoms with Gasteiger partial charge < -0.3 is 0 Å². The molecule has 1 aliphatic carbocycles. The molecule has 0 spiro atoms. The first-order chi connectivity index (χ1) is 6.81. The molecule has 2 rings (SSSR count). The maximum Gasteiger partial charge on any atom is 0.248 e. The van der Waals surface area contributed by atoms with E-state index in [-0.39, 0.29) is 5.91 Å². The van der Waals surface area contributed by atoms with Gasteiger partial charge in [-0.15, -0.1) is 0 Å². The van der Waals surface area contributed by atoms with Crippen molar-refractivity contribution in [3.8, 4) is 0 Å². The fourth-order valence-corrected chi connectivity index (χ4v) is 2.93. The van der Waals surface area contributed by atoms with Crippen molar-refractivity contribution in [3.63, 3.8) is 0 Å². The van der Waals surface area contributed by atoms with Gasteiger partial charge in [-0.2, -0.15) is 0 Å². The molecule has 0 bridgehead atoms. The van der Waals surface area contributed by atoms with Crippen LogP contribution in [0.3, 0.4) is 0 Å². The van der Waals surface area contributed by atoms with Gasteiger partial charge in [-0.25, -0.2) is 5.84 Å². The van der Waals surface area contributed by atoms with Crippen molar-refractivity contribution in [1.29, 1.82) is 0 Å². The number of hydrazine groups is 1. The Morgan fingerprint density at radius 2 is 2.14 bits per heavy atom. The fourth-order valence-electron chi connectivity index (χ4n) is 2.93. The number of nitrogens with two attached hydrogens (primary N) is 1. The predicted octanol–water partition coefficient (Wildman–Crippen LogP) is 0.241. The van der Waals surface area contributed by atoms with Crippen LogP contribution in [0.25, 0.3) is 0 Å². The van der Waals surface area contributed by atoms with Gasteiger partial charge in [-0.3, -0.25) is 15.1 Å². The molecule has 0 aromatic carbocycles. The number of hydrogen-bond acceptors (Lipinski definition) is 3. The van der Waals surface area contributed by atoms with Crippen molar-refractivity contribution in [1.82, 2.24) is 10.3 Å². The Morgan fingerprint density at radius 1 is 1.36 bits per heavy atom. The minimum atomic E-state index is -0.0591. The molecular weight excluding hydrogens is 178 g/mol. The fraction of sp³-hybridized carbons (Fsp3) is 0.900. The second kappa shape index (κ2) is 4.28. The number of fused-ring (bicyclic) bond motifs is 1. The number of hydrogen-bond donors (Lipinski definition) is 2. The van der Waals surface area contributed by atoms with E-state index in [2.05, 4.69) is 10.3 Å². The summed E-state index contributed by atoms with van der Waals surface area (Å²) in [4.78, 5) is 13.5.